The topological polar surface area (TPSA) is 84.0 Å². The van der Waals surface area contributed by atoms with E-state index in [1.165, 1.54) is 16.4 Å². The van der Waals surface area contributed by atoms with Gasteiger partial charge in [0.15, 0.2) is 24.0 Å². The average Bonchev–Trinajstić information content (AvgIpc) is 3.39. The van der Waals surface area contributed by atoms with Gasteiger partial charge in [0.1, 0.15) is 0 Å². The number of sulfonamides is 1. The Labute approximate surface area is 197 Å². The van der Waals surface area contributed by atoms with Crippen LogP contribution in [0.3, 0.4) is 0 Å². The maximum atomic E-state index is 13.4. The normalized spacial score (nSPS) is 17.1. The number of benzene rings is 2. The van der Waals surface area contributed by atoms with E-state index in [4.69, 9.17) is 4.74 Å². The van der Waals surface area contributed by atoms with Gasteiger partial charge >= 0.3 is 5.97 Å². The fourth-order valence-corrected chi connectivity index (χ4v) is 5.83. The molecule has 7 nitrogen and oxygen atoms in total. The number of Topliss-reactive ketones (excluding diaryl/α,β-unsaturated/α-hetero) is 1. The molecule has 2 aromatic rings. The summed E-state index contributed by atoms with van der Waals surface area (Å²) in [5, 5.41) is 0. The van der Waals surface area contributed by atoms with Crippen molar-refractivity contribution in [1.29, 1.82) is 0 Å². The van der Waals surface area contributed by atoms with Crippen LogP contribution in [-0.2, 0) is 14.8 Å². The maximum absolute atomic E-state index is 13.4. The Morgan fingerprint density at radius 2 is 1.53 bits per heavy atom. The third-order valence-electron chi connectivity index (χ3n) is 6.16. The molecule has 0 bridgehead atoms. The maximum Gasteiger partial charge on any atom is 0.340 e. The van der Waals surface area contributed by atoms with E-state index in [1.807, 2.05) is 4.90 Å². The predicted molar refractivity (Wildman–Crippen MR) is 121 cm³/mol. The summed E-state index contributed by atoms with van der Waals surface area (Å²) >= 11 is 0. The molecule has 0 amide bonds. The Balaban J connectivity index is 1.58. The molecule has 0 atom stereocenters. The van der Waals surface area contributed by atoms with Crippen LogP contribution in [0.25, 0.3) is 0 Å². The van der Waals surface area contributed by atoms with Gasteiger partial charge in [-0.05, 0) is 62.1 Å². The summed E-state index contributed by atoms with van der Waals surface area (Å²) in [6.45, 7) is 1.60. The summed E-state index contributed by atoms with van der Waals surface area (Å²) < 4.78 is 59.5. The summed E-state index contributed by atoms with van der Waals surface area (Å²) in [4.78, 5) is 27.3. The SMILES string of the molecule is O=C(COC(=O)c1cc(S(=O)(=O)N2CCCCC2)ccc1N1CCCC1)c1ccc(F)c(F)c1. The molecule has 2 aliphatic rings. The summed E-state index contributed by atoms with van der Waals surface area (Å²) in [7, 11) is -3.78. The third kappa shape index (κ3) is 5.12. The van der Waals surface area contributed by atoms with E-state index < -0.39 is 40.0 Å². The number of esters is 1. The van der Waals surface area contributed by atoms with Crippen molar-refractivity contribution in [3.8, 4) is 0 Å². The number of hydrogen-bond donors (Lipinski definition) is 0. The molecule has 0 spiro atoms. The molecule has 0 unspecified atom stereocenters. The summed E-state index contributed by atoms with van der Waals surface area (Å²) in [6, 6.07) is 7.09. The zero-order valence-electron chi connectivity index (χ0n) is 18.6. The Hall–Kier alpha value is -2.85. The van der Waals surface area contributed by atoms with Crippen LogP contribution in [0.1, 0.15) is 52.8 Å². The highest BCUT2D eigenvalue weighted by atomic mass is 32.2. The van der Waals surface area contributed by atoms with Crippen molar-refractivity contribution in [2.45, 2.75) is 37.0 Å². The van der Waals surface area contributed by atoms with Gasteiger partial charge in [-0.25, -0.2) is 22.0 Å². The van der Waals surface area contributed by atoms with Crippen LogP contribution in [-0.4, -0.2) is 57.3 Å². The van der Waals surface area contributed by atoms with E-state index in [1.54, 1.807) is 6.07 Å². The number of carbonyl (C=O) groups excluding carboxylic acids is 2. The Kier molecular flexibility index (Phi) is 7.27. The molecule has 2 saturated heterocycles. The second-order valence-corrected chi connectivity index (χ2v) is 10.4. The lowest BCUT2D eigenvalue weighted by Gasteiger charge is -2.27. The molecular weight excluding hydrogens is 466 g/mol. The molecule has 0 aromatic heterocycles. The molecule has 0 saturated carbocycles. The number of rotatable bonds is 7. The monoisotopic (exact) mass is 492 g/mol. The minimum atomic E-state index is -3.78. The van der Waals surface area contributed by atoms with Crippen molar-refractivity contribution in [3.63, 3.8) is 0 Å². The highest BCUT2D eigenvalue weighted by Gasteiger charge is 2.29. The molecule has 0 aliphatic carbocycles. The van der Waals surface area contributed by atoms with Crippen molar-refractivity contribution in [2.24, 2.45) is 0 Å². The van der Waals surface area contributed by atoms with Crippen LogP contribution in [0.15, 0.2) is 41.3 Å². The van der Waals surface area contributed by atoms with Crippen molar-refractivity contribution in [3.05, 3.63) is 59.2 Å². The van der Waals surface area contributed by atoms with Crippen LogP contribution in [0.4, 0.5) is 14.5 Å². The number of piperidine rings is 1. The van der Waals surface area contributed by atoms with Crippen LogP contribution < -0.4 is 4.90 Å². The molecule has 0 radical (unpaired) electrons. The van der Waals surface area contributed by atoms with E-state index >= 15 is 0 Å². The quantitative estimate of drug-likeness (QED) is 0.432. The fourth-order valence-electron chi connectivity index (χ4n) is 4.29. The van der Waals surface area contributed by atoms with Gasteiger partial charge < -0.3 is 9.64 Å². The minimum absolute atomic E-state index is 0.00349. The molecule has 4 rings (SSSR count). The van der Waals surface area contributed by atoms with Crippen molar-refractivity contribution in [1.82, 2.24) is 4.31 Å². The van der Waals surface area contributed by atoms with Gasteiger partial charge in [-0.2, -0.15) is 4.31 Å². The molecule has 2 aromatic carbocycles. The summed E-state index contributed by atoms with van der Waals surface area (Å²) in [6.07, 6.45) is 4.43. The van der Waals surface area contributed by atoms with Crippen LogP contribution in [0.2, 0.25) is 0 Å². The lowest BCUT2D eigenvalue weighted by atomic mass is 10.1. The highest BCUT2D eigenvalue weighted by Crippen LogP contribution is 2.30. The lowest BCUT2D eigenvalue weighted by molar-refractivity contribution is 0.0475. The van der Waals surface area contributed by atoms with Gasteiger partial charge in [0.25, 0.3) is 0 Å². The first-order valence-corrected chi connectivity index (χ1v) is 12.8. The van der Waals surface area contributed by atoms with Gasteiger partial charge in [-0.1, -0.05) is 6.42 Å². The van der Waals surface area contributed by atoms with Crippen molar-refractivity contribution >= 4 is 27.5 Å². The molecule has 2 aliphatic heterocycles. The van der Waals surface area contributed by atoms with Gasteiger partial charge in [-0.3, -0.25) is 4.79 Å². The van der Waals surface area contributed by atoms with Gasteiger partial charge in [0, 0.05) is 31.7 Å². The van der Waals surface area contributed by atoms with E-state index in [0.717, 1.165) is 50.3 Å². The number of halogens is 2. The van der Waals surface area contributed by atoms with Gasteiger partial charge in [0.05, 0.1) is 16.1 Å². The van der Waals surface area contributed by atoms with Crippen LogP contribution in [0.5, 0.6) is 0 Å². The number of nitrogens with zero attached hydrogens (tertiary/aromatic N) is 2. The van der Waals surface area contributed by atoms with E-state index in [0.29, 0.717) is 31.9 Å². The average molecular weight is 493 g/mol. The molecular formula is C24H26F2N2O5S. The first-order chi connectivity index (χ1) is 16.3. The number of anilines is 1. The van der Waals surface area contributed by atoms with Crippen molar-refractivity contribution < 1.29 is 31.5 Å². The Morgan fingerprint density at radius 1 is 0.853 bits per heavy atom. The molecule has 34 heavy (non-hydrogen) atoms. The van der Waals surface area contributed by atoms with E-state index in [2.05, 4.69) is 0 Å². The molecule has 10 heteroatoms. The third-order valence-corrected chi connectivity index (χ3v) is 8.06. The molecule has 0 N–H and O–H groups in total. The number of carbonyl (C=O) groups is 2. The standard InChI is InChI=1S/C24H26F2N2O5S/c25-20-8-6-17(14-21(20)26)23(29)16-33-24(30)19-15-18(7-9-22(19)27-10-4-5-11-27)34(31,32)28-12-2-1-3-13-28/h6-9,14-15H,1-5,10-13,16H2. The van der Waals surface area contributed by atoms with Gasteiger partial charge in [0.2, 0.25) is 10.0 Å². The van der Waals surface area contributed by atoms with Crippen LogP contribution >= 0.6 is 0 Å². The predicted octanol–water partition coefficient (Wildman–Crippen LogP) is 3.78. The number of hydrogen-bond acceptors (Lipinski definition) is 6. The summed E-state index contributed by atoms with van der Waals surface area (Å²) in [5.74, 6) is -3.82. The smallest absolute Gasteiger partial charge is 0.340 e. The second-order valence-electron chi connectivity index (χ2n) is 8.47. The van der Waals surface area contributed by atoms with Crippen LogP contribution in [0, 0.1) is 11.6 Å². The minimum Gasteiger partial charge on any atom is -0.454 e. The number of ether oxygens (including phenoxy) is 1. The van der Waals surface area contributed by atoms with Gasteiger partial charge in [-0.15, -0.1) is 0 Å². The second kappa shape index (κ2) is 10.2. The first kappa shape index (κ1) is 24.3. The Bertz CT molecular complexity index is 1190. The molecule has 2 heterocycles. The zero-order chi connectivity index (χ0) is 24.3. The van der Waals surface area contributed by atoms with E-state index in [9.17, 15) is 26.8 Å². The first-order valence-electron chi connectivity index (χ1n) is 11.3. The number of ketones is 1. The molecule has 2 fully saturated rings. The Morgan fingerprint density at radius 3 is 2.21 bits per heavy atom. The highest BCUT2D eigenvalue weighted by molar-refractivity contribution is 7.89. The zero-order valence-corrected chi connectivity index (χ0v) is 19.5. The van der Waals surface area contributed by atoms with E-state index in [-0.39, 0.29) is 16.0 Å². The fraction of sp³-hybridized carbons (Fsp3) is 0.417. The lowest BCUT2D eigenvalue weighted by Crippen LogP contribution is -2.35. The summed E-state index contributed by atoms with van der Waals surface area (Å²) in [5.41, 5.74) is 0.464. The van der Waals surface area contributed by atoms with Crippen molar-refractivity contribution in [2.75, 3.05) is 37.7 Å². The molecule has 182 valence electrons. The largest absolute Gasteiger partial charge is 0.454 e.